The number of methoxy groups -OCH3 is 1. The summed E-state index contributed by atoms with van der Waals surface area (Å²) in [4.78, 5) is 23.8. The van der Waals surface area contributed by atoms with Crippen LogP contribution in [-0.4, -0.2) is 32.2 Å². The Morgan fingerprint density at radius 1 is 1.17 bits per heavy atom. The van der Waals surface area contributed by atoms with Crippen molar-refractivity contribution in [3.8, 4) is 17.6 Å². The van der Waals surface area contributed by atoms with Crippen LogP contribution in [0, 0.1) is 11.3 Å². The predicted octanol–water partition coefficient (Wildman–Crippen LogP) is 4.49. The number of amides is 1. The number of carbonyl (C=O) groups excluding carboxylic acids is 2. The van der Waals surface area contributed by atoms with Crippen molar-refractivity contribution in [3.05, 3.63) is 57.6 Å². The van der Waals surface area contributed by atoms with E-state index in [1.807, 2.05) is 6.07 Å². The molecule has 0 unspecified atom stereocenters. The van der Waals surface area contributed by atoms with Gasteiger partial charge < -0.3 is 19.5 Å². The normalized spacial score (nSPS) is 10.7. The Labute approximate surface area is 183 Å². The van der Waals surface area contributed by atoms with Crippen molar-refractivity contribution in [3.63, 3.8) is 0 Å². The molecule has 0 radical (unpaired) electrons. The fourth-order valence-corrected chi connectivity index (χ4v) is 2.65. The summed E-state index contributed by atoms with van der Waals surface area (Å²) >= 11 is 12.0. The van der Waals surface area contributed by atoms with Gasteiger partial charge in [-0.05, 0) is 42.8 Å². The zero-order valence-electron chi connectivity index (χ0n) is 16.2. The molecule has 30 heavy (non-hydrogen) atoms. The SMILES string of the molecule is CCOc1cc(/C=C(/C#N)C(=O)Nc2cccc(Cl)c2Cl)ccc1OCC(=O)OC. The molecule has 0 aliphatic rings. The van der Waals surface area contributed by atoms with Crippen LogP contribution in [0.5, 0.6) is 11.5 Å². The van der Waals surface area contributed by atoms with E-state index in [-0.39, 0.29) is 27.9 Å². The zero-order valence-corrected chi connectivity index (χ0v) is 17.7. The third-order valence-corrected chi connectivity index (χ3v) is 4.54. The second-order valence-electron chi connectivity index (χ2n) is 5.73. The summed E-state index contributed by atoms with van der Waals surface area (Å²) in [6.07, 6.45) is 1.39. The maximum Gasteiger partial charge on any atom is 0.343 e. The largest absolute Gasteiger partial charge is 0.490 e. The Morgan fingerprint density at radius 3 is 2.60 bits per heavy atom. The van der Waals surface area contributed by atoms with Crippen LogP contribution in [0.4, 0.5) is 5.69 Å². The van der Waals surface area contributed by atoms with Crippen molar-refractivity contribution < 1.29 is 23.8 Å². The van der Waals surface area contributed by atoms with Crippen LogP contribution in [-0.2, 0) is 14.3 Å². The topological polar surface area (TPSA) is 97.6 Å². The highest BCUT2D eigenvalue weighted by molar-refractivity contribution is 6.44. The molecule has 0 aliphatic carbocycles. The molecule has 0 fully saturated rings. The van der Waals surface area contributed by atoms with Gasteiger partial charge in [0.15, 0.2) is 18.1 Å². The Morgan fingerprint density at radius 2 is 1.93 bits per heavy atom. The lowest BCUT2D eigenvalue weighted by Crippen LogP contribution is -2.14. The number of esters is 1. The van der Waals surface area contributed by atoms with E-state index < -0.39 is 11.9 Å². The molecule has 0 aromatic heterocycles. The Hall–Kier alpha value is -3.21. The minimum absolute atomic E-state index is 0.156. The van der Waals surface area contributed by atoms with E-state index in [1.165, 1.54) is 13.2 Å². The van der Waals surface area contributed by atoms with Crippen molar-refractivity contribution >= 4 is 46.8 Å². The molecular weight excluding hydrogens is 431 g/mol. The standard InChI is InChI=1S/C21H18Cl2N2O5/c1-3-29-18-10-13(7-8-17(18)30-12-19(26)28-2)9-14(11-24)21(27)25-16-6-4-5-15(22)20(16)23/h4-10H,3,12H2,1-2H3,(H,25,27)/b14-9-. The molecule has 0 aliphatic heterocycles. The van der Waals surface area contributed by atoms with Gasteiger partial charge in [0.2, 0.25) is 0 Å². The molecule has 9 heteroatoms. The number of hydrogen-bond donors (Lipinski definition) is 1. The molecule has 7 nitrogen and oxygen atoms in total. The smallest absolute Gasteiger partial charge is 0.343 e. The molecule has 156 valence electrons. The van der Waals surface area contributed by atoms with Gasteiger partial charge in [0.25, 0.3) is 5.91 Å². The first-order chi connectivity index (χ1) is 14.4. The van der Waals surface area contributed by atoms with E-state index in [0.29, 0.717) is 23.7 Å². The number of rotatable bonds is 8. The summed E-state index contributed by atoms with van der Waals surface area (Å²) in [6.45, 7) is 1.86. The quantitative estimate of drug-likeness (QED) is 0.362. The molecule has 1 N–H and O–H groups in total. The number of nitrogens with one attached hydrogen (secondary N) is 1. The van der Waals surface area contributed by atoms with Crippen LogP contribution < -0.4 is 14.8 Å². The minimum Gasteiger partial charge on any atom is -0.490 e. The second kappa shape index (κ2) is 11.1. The van der Waals surface area contributed by atoms with E-state index in [2.05, 4.69) is 10.1 Å². The first-order valence-electron chi connectivity index (χ1n) is 8.73. The molecule has 0 saturated heterocycles. The van der Waals surface area contributed by atoms with Gasteiger partial charge >= 0.3 is 5.97 Å². The summed E-state index contributed by atoms with van der Waals surface area (Å²) in [6, 6.07) is 11.4. The molecule has 2 aromatic rings. The number of nitriles is 1. The lowest BCUT2D eigenvalue weighted by Gasteiger charge is -2.12. The van der Waals surface area contributed by atoms with Crippen molar-refractivity contribution in [1.29, 1.82) is 5.26 Å². The number of carbonyl (C=O) groups is 2. The lowest BCUT2D eigenvalue weighted by atomic mass is 10.1. The predicted molar refractivity (Wildman–Crippen MR) is 114 cm³/mol. The zero-order chi connectivity index (χ0) is 22.1. The first-order valence-corrected chi connectivity index (χ1v) is 9.48. The highest BCUT2D eigenvalue weighted by Crippen LogP contribution is 2.31. The maximum atomic E-state index is 12.5. The first kappa shape index (κ1) is 23.1. The summed E-state index contributed by atoms with van der Waals surface area (Å²) in [5.41, 5.74) is 0.654. The van der Waals surface area contributed by atoms with Crippen LogP contribution in [0.2, 0.25) is 10.0 Å². The third kappa shape index (κ3) is 6.14. The number of hydrogen-bond acceptors (Lipinski definition) is 6. The van der Waals surface area contributed by atoms with E-state index in [4.69, 9.17) is 32.7 Å². The minimum atomic E-state index is -0.648. The van der Waals surface area contributed by atoms with Gasteiger partial charge in [-0.1, -0.05) is 35.3 Å². The molecule has 2 rings (SSSR count). The summed E-state index contributed by atoms with van der Waals surface area (Å²) in [5, 5.41) is 12.4. The maximum absolute atomic E-state index is 12.5. The number of anilines is 1. The van der Waals surface area contributed by atoms with Crippen LogP contribution in [0.3, 0.4) is 0 Å². The van der Waals surface area contributed by atoms with Crippen LogP contribution in [0.1, 0.15) is 12.5 Å². The van der Waals surface area contributed by atoms with Crippen molar-refractivity contribution in [2.45, 2.75) is 6.92 Å². The molecule has 1 amide bonds. The van der Waals surface area contributed by atoms with Gasteiger partial charge in [-0.15, -0.1) is 0 Å². The number of ether oxygens (including phenoxy) is 3. The van der Waals surface area contributed by atoms with Crippen LogP contribution in [0.25, 0.3) is 6.08 Å². The van der Waals surface area contributed by atoms with E-state index in [1.54, 1.807) is 43.3 Å². The Balaban J connectivity index is 2.26. The molecule has 0 bridgehead atoms. The summed E-state index contributed by atoms with van der Waals surface area (Å²) in [7, 11) is 1.26. The fourth-order valence-electron chi connectivity index (χ4n) is 2.30. The number of halogens is 2. The molecular formula is C21H18Cl2N2O5. The number of nitrogens with zero attached hydrogens (tertiary/aromatic N) is 1. The van der Waals surface area contributed by atoms with E-state index >= 15 is 0 Å². The van der Waals surface area contributed by atoms with E-state index in [9.17, 15) is 14.9 Å². The number of benzene rings is 2. The van der Waals surface area contributed by atoms with Gasteiger partial charge in [-0.25, -0.2) is 4.79 Å². The highest BCUT2D eigenvalue weighted by atomic mass is 35.5. The third-order valence-electron chi connectivity index (χ3n) is 3.72. The highest BCUT2D eigenvalue weighted by Gasteiger charge is 2.14. The van der Waals surface area contributed by atoms with Crippen LogP contribution in [0.15, 0.2) is 42.0 Å². The van der Waals surface area contributed by atoms with E-state index in [0.717, 1.165) is 0 Å². The van der Waals surface area contributed by atoms with Crippen molar-refractivity contribution in [1.82, 2.24) is 0 Å². The molecule has 0 saturated carbocycles. The van der Waals surface area contributed by atoms with Crippen molar-refractivity contribution in [2.24, 2.45) is 0 Å². The van der Waals surface area contributed by atoms with Crippen LogP contribution >= 0.6 is 23.2 Å². The molecule has 0 spiro atoms. The van der Waals surface area contributed by atoms with Crippen molar-refractivity contribution in [2.75, 3.05) is 25.6 Å². The summed E-state index contributed by atoms with van der Waals surface area (Å²) in [5.74, 6) is -0.506. The van der Waals surface area contributed by atoms with Gasteiger partial charge in [0.05, 0.1) is 29.4 Å². The Kier molecular flexibility index (Phi) is 8.54. The van der Waals surface area contributed by atoms with Gasteiger partial charge in [0.1, 0.15) is 11.6 Å². The summed E-state index contributed by atoms with van der Waals surface area (Å²) < 4.78 is 15.5. The monoisotopic (exact) mass is 448 g/mol. The molecule has 0 atom stereocenters. The Bertz CT molecular complexity index is 1010. The average molecular weight is 449 g/mol. The fraction of sp³-hybridized carbons (Fsp3) is 0.190. The molecule has 0 heterocycles. The van der Waals surface area contributed by atoms with Gasteiger partial charge in [-0.2, -0.15) is 5.26 Å². The molecule has 2 aromatic carbocycles. The lowest BCUT2D eigenvalue weighted by molar-refractivity contribution is -0.142. The average Bonchev–Trinajstić information content (AvgIpc) is 2.74. The van der Waals surface area contributed by atoms with Gasteiger partial charge in [-0.3, -0.25) is 4.79 Å². The van der Waals surface area contributed by atoms with Gasteiger partial charge in [0, 0.05) is 0 Å². The second-order valence-corrected chi connectivity index (χ2v) is 6.51.